The van der Waals surface area contributed by atoms with Crippen LogP contribution in [0.3, 0.4) is 0 Å². The van der Waals surface area contributed by atoms with Gasteiger partial charge in [-0.3, -0.25) is 4.79 Å². The number of rotatable bonds is 7. The zero-order chi connectivity index (χ0) is 47.0. The number of aliphatic hydroxyl groups is 8. The minimum atomic E-state index is -2.00. The maximum Gasteiger partial charge on any atom is 0.335 e. The molecule has 17 heteroatoms. The van der Waals surface area contributed by atoms with Crippen LogP contribution >= 0.6 is 0 Å². The molecule has 64 heavy (non-hydrogen) atoms. The van der Waals surface area contributed by atoms with Gasteiger partial charge in [0.05, 0.1) is 24.9 Å². The molecule has 3 saturated heterocycles. The summed E-state index contributed by atoms with van der Waals surface area (Å²) in [5.41, 5.74) is -0.893. The van der Waals surface area contributed by atoms with E-state index >= 15 is 0 Å². The SMILES string of the molecule is CC1OC(OC2C(OC3C(O[C@H]4CC[C@@]5(C)C(CC[C@]6(C)C5C(=O)C=C5C7CC(C)(C)CC(O)[C@]7(C)CC[C@]56C)C4(C)C)OC(C(=O)O)C(O)C3O)OCC(O)C2O)C(O)C(O)C1O. The molecule has 364 valence electrons. The lowest BCUT2D eigenvalue weighted by Crippen LogP contribution is -2.68. The minimum absolute atomic E-state index is 0.0494. The van der Waals surface area contributed by atoms with E-state index in [1.165, 1.54) is 12.5 Å². The number of allylic oxidation sites excluding steroid dienone is 2. The maximum atomic E-state index is 15.0. The van der Waals surface area contributed by atoms with Crippen LogP contribution in [-0.4, -0.2) is 163 Å². The van der Waals surface area contributed by atoms with E-state index in [2.05, 4.69) is 55.4 Å². The molecule has 0 bridgehead atoms. The van der Waals surface area contributed by atoms with E-state index in [-0.39, 0.29) is 45.2 Å². The number of aliphatic carboxylic acids is 1. The number of carbonyl (C=O) groups is 2. The van der Waals surface area contributed by atoms with Gasteiger partial charge in [-0.2, -0.15) is 0 Å². The van der Waals surface area contributed by atoms with E-state index in [0.29, 0.717) is 12.8 Å². The summed E-state index contributed by atoms with van der Waals surface area (Å²) in [7, 11) is 0. The summed E-state index contributed by atoms with van der Waals surface area (Å²) < 4.78 is 36.0. The summed E-state index contributed by atoms with van der Waals surface area (Å²) in [4.78, 5) is 27.4. The molecule has 17 nitrogen and oxygen atoms in total. The van der Waals surface area contributed by atoms with E-state index in [4.69, 9.17) is 28.4 Å². The zero-order valence-electron chi connectivity index (χ0n) is 38.7. The molecule has 0 aromatic heterocycles. The number of carbonyl (C=O) groups excluding carboxylic acids is 1. The quantitative estimate of drug-likeness (QED) is 0.164. The highest BCUT2D eigenvalue weighted by Gasteiger charge is 2.71. The lowest BCUT2D eigenvalue weighted by Gasteiger charge is -2.71. The number of carboxylic acids is 1. The molecule has 3 aliphatic heterocycles. The second kappa shape index (κ2) is 16.5. The van der Waals surface area contributed by atoms with Crippen molar-refractivity contribution in [3.63, 3.8) is 0 Å². The van der Waals surface area contributed by atoms with Crippen LogP contribution in [0.5, 0.6) is 0 Å². The van der Waals surface area contributed by atoms with Gasteiger partial charge in [-0.05, 0) is 103 Å². The highest BCUT2D eigenvalue weighted by atomic mass is 16.8. The zero-order valence-corrected chi connectivity index (χ0v) is 38.7. The van der Waals surface area contributed by atoms with Crippen molar-refractivity contribution < 1.29 is 84.0 Å². The van der Waals surface area contributed by atoms with Crippen molar-refractivity contribution in [2.75, 3.05) is 6.61 Å². The molecule has 8 rings (SSSR count). The van der Waals surface area contributed by atoms with Crippen LogP contribution in [0, 0.1) is 50.2 Å². The van der Waals surface area contributed by atoms with Gasteiger partial charge in [-0.25, -0.2) is 4.79 Å². The fourth-order valence-corrected chi connectivity index (χ4v) is 14.6. The van der Waals surface area contributed by atoms with Gasteiger partial charge >= 0.3 is 5.97 Å². The number of hydrogen-bond donors (Lipinski definition) is 9. The molecule has 0 aromatic rings. The minimum Gasteiger partial charge on any atom is -0.479 e. The molecule has 8 aliphatic rings. The second-order valence-corrected chi connectivity index (χ2v) is 23.3. The van der Waals surface area contributed by atoms with Crippen LogP contribution < -0.4 is 0 Å². The summed E-state index contributed by atoms with van der Waals surface area (Å²) in [5.74, 6) is -1.67. The van der Waals surface area contributed by atoms with Crippen LogP contribution in [-0.2, 0) is 38.0 Å². The highest BCUT2D eigenvalue weighted by molar-refractivity contribution is 5.95. The number of ketones is 1. The molecule has 3 heterocycles. The molecular formula is C47H74O17. The Labute approximate surface area is 375 Å². The first-order chi connectivity index (χ1) is 29.6. The lowest BCUT2D eigenvalue weighted by atomic mass is 9.33. The monoisotopic (exact) mass is 910 g/mol. The van der Waals surface area contributed by atoms with Gasteiger partial charge in [0.2, 0.25) is 0 Å². The second-order valence-electron chi connectivity index (χ2n) is 23.3. The first-order valence-electron chi connectivity index (χ1n) is 23.4. The van der Waals surface area contributed by atoms with Crippen molar-refractivity contribution in [3.05, 3.63) is 11.6 Å². The van der Waals surface area contributed by atoms with Crippen LogP contribution in [0.4, 0.5) is 0 Å². The van der Waals surface area contributed by atoms with Gasteiger partial charge in [-0.1, -0.05) is 61.0 Å². The van der Waals surface area contributed by atoms with Crippen molar-refractivity contribution in [3.8, 4) is 0 Å². The van der Waals surface area contributed by atoms with Gasteiger partial charge in [0.15, 0.2) is 30.8 Å². The predicted octanol–water partition coefficient (Wildman–Crippen LogP) is 1.55. The molecule has 5 aliphatic carbocycles. The standard InChI is InChI=1S/C47H74O17/c1-20-28(51)30(53)33(56)39(60-20)63-35-29(52)24(49)19-59-40(35)64-36-32(55)31(54)34(38(57)58)62-41(36)61-27-11-12-45(7)25(43(27,4)5)10-13-47(9)37(45)23(48)16-21-22-17-42(2,3)18-26(50)44(22,6)14-15-46(21,47)8/h16,20,22,24-37,39-41,49-56H,10-15,17-19H2,1-9H3,(H,57,58)/t20?,22?,24?,25?,26?,27-,28?,29?,30?,31?,32?,33?,34?,35?,36?,37?,39?,40?,41?,44+,45-,46+,47+/m0/s1. The Kier molecular flexibility index (Phi) is 12.6. The molecule has 0 aromatic carbocycles. The Balaban J connectivity index is 1.06. The van der Waals surface area contributed by atoms with Crippen LogP contribution in [0.15, 0.2) is 11.6 Å². The van der Waals surface area contributed by atoms with Crippen molar-refractivity contribution in [1.82, 2.24) is 0 Å². The van der Waals surface area contributed by atoms with E-state index in [1.54, 1.807) is 0 Å². The average molecular weight is 911 g/mol. The molecule has 4 saturated carbocycles. The number of aliphatic hydroxyl groups excluding tert-OH is 8. The largest absolute Gasteiger partial charge is 0.479 e. The van der Waals surface area contributed by atoms with Crippen molar-refractivity contribution in [2.24, 2.45) is 50.2 Å². The Morgan fingerprint density at radius 2 is 1.34 bits per heavy atom. The predicted molar refractivity (Wildman–Crippen MR) is 224 cm³/mol. The maximum absolute atomic E-state index is 15.0. The Hall–Kier alpha value is -1.68. The smallest absolute Gasteiger partial charge is 0.335 e. The number of fused-ring (bicyclic) bond motifs is 7. The van der Waals surface area contributed by atoms with Crippen LogP contribution in [0.2, 0.25) is 0 Å². The Morgan fingerprint density at radius 1 is 0.688 bits per heavy atom. The number of hydrogen-bond acceptors (Lipinski definition) is 16. The summed E-state index contributed by atoms with van der Waals surface area (Å²) in [6.07, 6.45) is -16.4. The van der Waals surface area contributed by atoms with Crippen molar-refractivity contribution in [2.45, 2.75) is 212 Å². The number of ether oxygens (including phenoxy) is 6. The molecule has 0 radical (unpaired) electrons. The molecule has 23 atom stereocenters. The average Bonchev–Trinajstić information content (AvgIpc) is 3.20. The fraction of sp³-hybridized carbons (Fsp3) is 0.915. The molecule has 18 unspecified atom stereocenters. The third kappa shape index (κ3) is 7.40. The van der Waals surface area contributed by atoms with Gasteiger partial charge < -0.3 is 74.4 Å². The topological polar surface area (TPSA) is 272 Å². The Bertz CT molecular complexity index is 1820. The lowest BCUT2D eigenvalue weighted by molar-refractivity contribution is -0.386. The first kappa shape index (κ1) is 48.8. The van der Waals surface area contributed by atoms with E-state index in [9.17, 15) is 55.5 Å². The molecule has 0 spiro atoms. The highest BCUT2D eigenvalue weighted by Crippen LogP contribution is 2.75. The van der Waals surface area contributed by atoms with Crippen LogP contribution in [0.1, 0.15) is 114 Å². The molecule has 7 fully saturated rings. The van der Waals surface area contributed by atoms with Gasteiger partial charge in [0.25, 0.3) is 0 Å². The van der Waals surface area contributed by atoms with Crippen molar-refractivity contribution in [1.29, 1.82) is 0 Å². The van der Waals surface area contributed by atoms with E-state index < -0.39 is 122 Å². The van der Waals surface area contributed by atoms with E-state index in [1.807, 2.05) is 6.08 Å². The summed E-state index contributed by atoms with van der Waals surface area (Å²) in [6, 6.07) is 0. The van der Waals surface area contributed by atoms with Gasteiger partial charge in [-0.15, -0.1) is 0 Å². The summed E-state index contributed by atoms with van der Waals surface area (Å²) in [6.45, 7) is 18.7. The summed E-state index contributed by atoms with van der Waals surface area (Å²) in [5, 5.41) is 97.3. The van der Waals surface area contributed by atoms with Crippen LogP contribution in [0.25, 0.3) is 0 Å². The first-order valence-corrected chi connectivity index (χ1v) is 23.4. The third-order valence-corrected chi connectivity index (χ3v) is 18.7. The van der Waals surface area contributed by atoms with Gasteiger partial charge in [0, 0.05) is 11.3 Å². The van der Waals surface area contributed by atoms with Crippen molar-refractivity contribution >= 4 is 11.8 Å². The molecule has 9 N–H and O–H groups in total. The fourth-order valence-electron chi connectivity index (χ4n) is 14.6. The number of carboxylic acid groups (broad SMARTS) is 1. The normalized spacial score (nSPS) is 54.7. The molecular weight excluding hydrogens is 837 g/mol. The Morgan fingerprint density at radius 3 is 2.02 bits per heavy atom. The summed E-state index contributed by atoms with van der Waals surface area (Å²) >= 11 is 0. The third-order valence-electron chi connectivity index (χ3n) is 18.7. The van der Waals surface area contributed by atoms with E-state index in [0.717, 1.165) is 38.5 Å². The molecule has 0 amide bonds. The van der Waals surface area contributed by atoms with Gasteiger partial charge in [0.1, 0.15) is 54.9 Å².